The van der Waals surface area contributed by atoms with Crippen LogP contribution in [0.25, 0.3) is 0 Å². The monoisotopic (exact) mass is 351 g/mol. The number of rotatable bonds is 3. The lowest BCUT2D eigenvalue weighted by atomic mass is 10.3. The molecule has 2 aromatic rings. The molecule has 1 aromatic heterocycles. The van der Waals surface area contributed by atoms with Gasteiger partial charge in [-0.05, 0) is 22.0 Å². The van der Waals surface area contributed by atoms with Crippen molar-refractivity contribution in [1.82, 2.24) is 4.98 Å². The number of carbonyl (C=O) groups is 1. The molecule has 0 saturated carbocycles. The van der Waals surface area contributed by atoms with Crippen LogP contribution in [0.1, 0.15) is 10.5 Å². The summed E-state index contributed by atoms with van der Waals surface area (Å²) in [6, 6.07) is 3.00. The maximum Gasteiger partial charge on any atom is 0.399 e. The first kappa shape index (κ1) is 13.2. The standard InChI is InChI=1S/C10H4BrCl2NO4/c11-4-1-6(13)8(2-5(4)12)18-10-14-7(3-17-10)9(15)16/h1-3H,(H,15,16). The number of carboxylic acids is 1. The molecule has 0 aliphatic heterocycles. The second kappa shape index (κ2) is 5.17. The molecule has 0 saturated heterocycles. The highest BCUT2D eigenvalue weighted by molar-refractivity contribution is 9.10. The van der Waals surface area contributed by atoms with Crippen molar-refractivity contribution in [3.8, 4) is 11.8 Å². The van der Waals surface area contributed by atoms with E-state index < -0.39 is 5.97 Å². The highest BCUT2D eigenvalue weighted by Crippen LogP contribution is 2.36. The van der Waals surface area contributed by atoms with E-state index in [1.807, 2.05) is 0 Å². The first-order valence-corrected chi connectivity index (χ1v) is 6.03. The number of ether oxygens (including phenoxy) is 1. The Morgan fingerprint density at radius 1 is 1.39 bits per heavy atom. The maximum atomic E-state index is 10.6. The van der Waals surface area contributed by atoms with Gasteiger partial charge in [-0.3, -0.25) is 0 Å². The third-order valence-corrected chi connectivity index (χ3v) is 3.37. The summed E-state index contributed by atoms with van der Waals surface area (Å²) in [7, 11) is 0. The van der Waals surface area contributed by atoms with E-state index in [9.17, 15) is 4.79 Å². The Bertz CT molecular complexity index is 614. The molecule has 0 atom stereocenters. The molecule has 0 aliphatic rings. The first-order chi connectivity index (χ1) is 8.47. The number of benzene rings is 1. The SMILES string of the molecule is O=C(O)c1coc(Oc2cc(Cl)c(Br)cc2Cl)n1. The van der Waals surface area contributed by atoms with E-state index in [2.05, 4.69) is 20.9 Å². The maximum absolute atomic E-state index is 10.6. The van der Waals surface area contributed by atoms with Crippen molar-refractivity contribution in [2.75, 3.05) is 0 Å². The van der Waals surface area contributed by atoms with Crippen molar-refractivity contribution in [3.63, 3.8) is 0 Å². The van der Waals surface area contributed by atoms with E-state index in [0.29, 0.717) is 9.50 Å². The number of hydrogen-bond donors (Lipinski definition) is 1. The average molecular weight is 353 g/mol. The van der Waals surface area contributed by atoms with Gasteiger partial charge in [0.15, 0.2) is 11.4 Å². The van der Waals surface area contributed by atoms with E-state index in [1.165, 1.54) is 6.07 Å². The number of aromatic nitrogens is 1. The van der Waals surface area contributed by atoms with Crippen LogP contribution in [-0.2, 0) is 0 Å². The summed E-state index contributed by atoms with van der Waals surface area (Å²) in [5.41, 5.74) is -0.260. The molecule has 0 bridgehead atoms. The molecule has 1 N–H and O–H groups in total. The molecular weight excluding hydrogens is 349 g/mol. The van der Waals surface area contributed by atoms with Crippen molar-refractivity contribution in [1.29, 1.82) is 0 Å². The predicted molar refractivity (Wildman–Crippen MR) is 67.7 cm³/mol. The number of halogens is 3. The first-order valence-electron chi connectivity index (χ1n) is 4.48. The molecule has 2 rings (SSSR count). The lowest BCUT2D eigenvalue weighted by molar-refractivity contribution is 0.0690. The minimum atomic E-state index is -1.21. The number of aromatic carboxylic acids is 1. The lowest BCUT2D eigenvalue weighted by Gasteiger charge is -2.05. The van der Waals surface area contributed by atoms with Crippen LogP contribution in [-0.4, -0.2) is 16.1 Å². The van der Waals surface area contributed by atoms with Crippen LogP contribution in [0.2, 0.25) is 10.0 Å². The Hall–Kier alpha value is -1.24. The molecule has 5 nitrogen and oxygen atoms in total. The summed E-state index contributed by atoms with van der Waals surface area (Å²) < 4.78 is 10.6. The van der Waals surface area contributed by atoms with Crippen LogP contribution < -0.4 is 4.74 Å². The van der Waals surface area contributed by atoms with E-state index >= 15 is 0 Å². The number of nitrogens with zero attached hydrogens (tertiary/aromatic N) is 1. The Morgan fingerprint density at radius 3 is 2.72 bits per heavy atom. The Labute approximate surface area is 119 Å². The van der Waals surface area contributed by atoms with Gasteiger partial charge in [0.05, 0.1) is 10.0 Å². The Kier molecular flexibility index (Phi) is 3.79. The van der Waals surface area contributed by atoms with Crippen molar-refractivity contribution >= 4 is 45.1 Å². The Morgan fingerprint density at radius 2 is 2.11 bits per heavy atom. The van der Waals surface area contributed by atoms with Gasteiger partial charge >= 0.3 is 12.0 Å². The van der Waals surface area contributed by atoms with Gasteiger partial charge in [0.1, 0.15) is 6.26 Å². The second-order valence-electron chi connectivity index (χ2n) is 3.10. The lowest BCUT2D eigenvalue weighted by Crippen LogP contribution is -1.95. The van der Waals surface area contributed by atoms with E-state index in [0.717, 1.165) is 6.26 Å². The van der Waals surface area contributed by atoms with E-state index in [1.54, 1.807) is 6.07 Å². The summed E-state index contributed by atoms with van der Waals surface area (Å²) >= 11 is 15.0. The number of hydrogen-bond acceptors (Lipinski definition) is 4. The van der Waals surface area contributed by atoms with Gasteiger partial charge in [-0.2, -0.15) is 4.98 Å². The smallest absolute Gasteiger partial charge is 0.399 e. The summed E-state index contributed by atoms with van der Waals surface area (Å²) in [4.78, 5) is 14.2. The van der Waals surface area contributed by atoms with Crippen molar-refractivity contribution < 1.29 is 19.1 Å². The van der Waals surface area contributed by atoms with E-state index in [-0.39, 0.29) is 22.5 Å². The van der Waals surface area contributed by atoms with Crippen molar-refractivity contribution in [2.24, 2.45) is 0 Å². The third-order valence-electron chi connectivity index (χ3n) is 1.87. The quantitative estimate of drug-likeness (QED) is 0.836. The van der Waals surface area contributed by atoms with Gasteiger partial charge < -0.3 is 14.3 Å². The summed E-state index contributed by atoms with van der Waals surface area (Å²) in [5, 5.41) is 9.34. The van der Waals surface area contributed by atoms with Crippen LogP contribution in [0.5, 0.6) is 11.8 Å². The largest absolute Gasteiger partial charge is 0.476 e. The topological polar surface area (TPSA) is 72.6 Å². The fourth-order valence-corrected chi connectivity index (χ4v) is 1.91. The molecule has 94 valence electrons. The highest BCUT2D eigenvalue weighted by atomic mass is 79.9. The van der Waals surface area contributed by atoms with Gasteiger partial charge in [-0.15, -0.1) is 0 Å². The van der Waals surface area contributed by atoms with Gasteiger partial charge in [0.2, 0.25) is 0 Å². The zero-order valence-corrected chi connectivity index (χ0v) is 11.6. The molecule has 8 heteroatoms. The predicted octanol–water partition coefficient (Wildman–Crippen LogP) is 4.23. The zero-order chi connectivity index (χ0) is 13.3. The van der Waals surface area contributed by atoms with Crippen LogP contribution in [0.3, 0.4) is 0 Å². The highest BCUT2D eigenvalue weighted by Gasteiger charge is 2.14. The molecular formula is C10H4BrCl2NO4. The summed E-state index contributed by atoms with van der Waals surface area (Å²) in [5.74, 6) is -1.00. The van der Waals surface area contributed by atoms with Crippen LogP contribution in [0.4, 0.5) is 0 Å². The van der Waals surface area contributed by atoms with Crippen LogP contribution >= 0.6 is 39.1 Å². The minimum Gasteiger partial charge on any atom is -0.476 e. The van der Waals surface area contributed by atoms with Gasteiger partial charge in [-0.1, -0.05) is 23.2 Å². The molecule has 0 fully saturated rings. The zero-order valence-electron chi connectivity index (χ0n) is 8.49. The average Bonchev–Trinajstić information content (AvgIpc) is 2.74. The van der Waals surface area contributed by atoms with Crippen molar-refractivity contribution in [3.05, 3.63) is 38.6 Å². The third kappa shape index (κ3) is 2.77. The molecule has 0 aliphatic carbocycles. The van der Waals surface area contributed by atoms with E-state index in [4.69, 9.17) is 37.5 Å². The minimum absolute atomic E-state index is 0.212. The molecule has 0 amide bonds. The van der Waals surface area contributed by atoms with Gasteiger partial charge in [0.25, 0.3) is 0 Å². The molecule has 1 heterocycles. The number of oxazole rings is 1. The second-order valence-corrected chi connectivity index (χ2v) is 4.77. The summed E-state index contributed by atoms with van der Waals surface area (Å²) in [6.45, 7) is 0. The van der Waals surface area contributed by atoms with Crippen LogP contribution in [0.15, 0.2) is 27.3 Å². The number of carboxylic acid groups (broad SMARTS) is 1. The Balaban J connectivity index is 2.28. The van der Waals surface area contributed by atoms with Gasteiger partial charge in [-0.25, -0.2) is 4.79 Å². The molecule has 0 spiro atoms. The fraction of sp³-hybridized carbons (Fsp3) is 0. The molecule has 0 radical (unpaired) electrons. The molecule has 1 aromatic carbocycles. The molecule has 0 unspecified atom stereocenters. The van der Waals surface area contributed by atoms with Gasteiger partial charge in [0, 0.05) is 10.5 Å². The summed E-state index contributed by atoms with van der Waals surface area (Å²) in [6.07, 6.45) is 0.735. The molecule has 18 heavy (non-hydrogen) atoms. The normalized spacial score (nSPS) is 10.4. The van der Waals surface area contributed by atoms with Crippen LogP contribution in [0, 0.1) is 0 Å². The van der Waals surface area contributed by atoms with Crippen molar-refractivity contribution in [2.45, 2.75) is 0 Å². The fourth-order valence-electron chi connectivity index (χ4n) is 1.08.